The number of nitrogens with one attached hydrogen (secondary N) is 1. The summed E-state index contributed by atoms with van der Waals surface area (Å²) in [6.07, 6.45) is 3.30. The summed E-state index contributed by atoms with van der Waals surface area (Å²) >= 11 is 5.68. The molecule has 0 aliphatic carbocycles. The van der Waals surface area contributed by atoms with Crippen LogP contribution >= 0.6 is 11.6 Å². The van der Waals surface area contributed by atoms with E-state index in [9.17, 15) is 9.18 Å². The SMILES string of the molecule is O=C(NCc1cccnc1)c1cc(F)cc(Cl)c1. The minimum absolute atomic E-state index is 0.196. The van der Waals surface area contributed by atoms with Crippen molar-refractivity contribution in [2.45, 2.75) is 6.54 Å². The first-order valence-corrected chi connectivity index (χ1v) is 5.66. The van der Waals surface area contributed by atoms with E-state index in [1.165, 1.54) is 6.07 Å². The van der Waals surface area contributed by atoms with Gasteiger partial charge in [0.2, 0.25) is 0 Å². The summed E-state index contributed by atoms with van der Waals surface area (Å²) in [6.45, 7) is 0.334. The minimum atomic E-state index is -0.533. The molecule has 1 aromatic carbocycles. The van der Waals surface area contributed by atoms with Crippen molar-refractivity contribution in [3.05, 3.63) is 64.7 Å². The van der Waals surface area contributed by atoms with Crippen LogP contribution in [0.4, 0.5) is 4.39 Å². The van der Waals surface area contributed by atoms with Crippen molar-refractivity contribution < 1.29 is 9.18 Å². The molecule has 0 fully saturated rings. The lowest BCUT2D eigenvalue weighted by molar-refractivity contribution is 0.0950. The Kier molecular flexibility index (Phi) is 3.89. The predicted molar refractivity (Wildman–Crippen MR) is 66.8 cm³/mol. The van der Waals surface area contributed by atoms with E-state index in [1.807, 2.05) is 6.07 Å². The summed E-state index contributed by atoms with van der Waals surface area (Å²) in [5, 5.41) is 2.86. The molecule has 0 saturated carbocycles. The molecule has 0 spiro atoms. The fraction of sp³-hybridized carbons (Fsp3) is 0.0769. The number of rotatable bonds is 3. The number of halogens is 2. The molecule has 1 aromatic heterocycles. The molecule has 5 heteroatoms. The maximum absolute atomic E-state index is 13.1. The van der Waals surface area contributed by atoms with Crippen LogP contribution in [0.2, 0.25) is 5.02 Å². The zero-order valence-electron chi connectivity index (χ0n) is 9.36. The maximum Gasteiger partial charge on any atom is 0.251 e. The van der Waals surface area contributed by atoms with Crippen LogP contribution in [-0.4, -0.2) is 10.9 Å². The van der Waals surface area contributed by atoms with Gasteiger partial charge in [-0.2, -0.15) is 0 Å². The van der Waals surface area contributed by atoms with Gasteiger partial charge in [-0.05, 0) is 29.8 Å². The van der Waals surface area contributed by atoms with Gasteiger partial charge in [-0.25, -0.2) is 4.39 Å². The largest absolute Gasteiger partial charge is 0.348 e. The van der Waals surface area contributed by atoms with Gasteiger partial charge in [0, 0.05) is 29.5 Å². The molecule has 2 rings (SSSR count). The van der Waals surface area contributed by atoms with Crippen LogP contribution in [0.3, 0.4) is 0 Å². The van der Waals surface area contributed by atoms with Crippen molar-refractivity contribution in [2.75, 3.05) is 0 Å². The molecule has 1 amide bonds. The van der Waals surface area contributed by atoms with Crippen molar-refractivity contribution in [2.24, 2.45) is 0 Å². The smallest absolute Gasteiger partial charge is 0.251 e. The summed E-state index contributed by atoms with van der Waals surface area (Å²) < 4.78 is 13.1. The Hall–Kier alpha value is -1.94. The lowest BCUT2D eigenvalue weighted by Crippen LogP contribution is -2.22. The molecular weight excluding hydrogens is 255 g/mol. The number of hydrogen-bond donors (Lipinski definition) is 1. The second-order valence-corrected chi connectivity index (χ2v) is 4.14. The molecular formula is C13H10ClFN2O. The topological polar surface area (TPSA) is 42.0 Å². The van der Waals surface area contributed by atoms with Crippen LogP contribution < -0.4 is 5.32 Å². The third-order valence-electron chi connectivity index (χ3n) is 2.30. The third-order valence-corrected chi connectivity index (χ3v) is 2.52. The number of nitrogens with zero attached hydrogens (tertiary/aromatic N) is 1. The zero-order valence-corrected chi connectivity index (χ0v) is 10.1. The molecule has 3 nitrogen and oxygen atoms in total. The van der Waals surface area contributed by atoms with Crippen LogP contribution in [0.1, 0.15) is 15.9 Å². The highest BCUT2D eigenvalue weighted by molar-refractivity contribution is 6.31. The lowest BCUT2D eigenvalue weighted by Gasteiger charge is -2.05. The van der Waals surface area contributed by atoms with E-state index in [0.717, 1.165) is 17.7 Å². The first kappa shape index (κ1) is 12.5. The van der Waals surface area contributed by atoms with Crippen molar-refractivity contribution in [1.29, 1.82) is 0 Å². The van der Waals surface area contributed by atoms with Crippen molar-refractivity contribution in [3.8, 4) is 0 Å². The maximum atomic E-state index is 13.1. The average molecular weight is 265 g/mol. The molecule has 0 unspecified atom stereocenters. The number of benzene rings is 1. The fourth-order valence-corrected chi connectivity index (χ4v) is 1.69. The van der Waals surface area contributed by atoms with Gasteiger partial charge in [0.1, 0.15) is 5.82 Å². The van der Waals surface area contributed by atoms with Crippen molar-refractivity contribution >= 4 is 17.5 Å². The van der Waals surface area contributed by atoms with Gasteiger partial charge in [-0.3, -0.25) is 9.78 Å². The van der Waals surface area contributed by atoms with Crippen molar-refractivity contribution in [3.63, 3.8) is 0 Å². The van der Waals surface area contributed by atoms with Crippen molar-refractivity contribution in [1.82, 2.24) is 10.3 Å². The number of carbonyl (C=O) groups is 1. The van der Waals surface area contributed by atoms with E-state index in [0.29, 0.717) is 6.54 Å². The summed E-state index contributed by atoms with van der Waals surface area (Å²) in [6, 6.07) is 7.33. The fourth-order valence-electron chi connectivity index (χ4n) is 1.47. The van der Waals surface area contributed by atoms with Gasteiger partial charge < -0.3 is 5.32 Å². The number of pyridine rings is 1. The Morgan fingerprint density at radius 1 is 1.39 bits per heavy atom. The average Bonchev–Trinajstić information content (AvgIpc) is 2.36. The van der Waals surface area contributed by atoms with Crippen LogP contribution in [0.15, 0.2) is 42.7 Å². The third kappa shape index (κ3) is 3.28. The summed E-state index contributed by atoms with van der Waals surface area (Å²) in [5.74, 6) is -0.908. The number of hydrogen-bond acceptors (Lipinski definition) is 2. The molecule has 0 radical (unpaired) electrons. The van der Waals surface area contributed by atoms with Crippen LogP contribution in [0.5, 0.6) is 0 Å². The number of aromatic nitrogens is 1. The summed E-state index contributed by atoms with van der Waals surface area (Å²) in [5.41, 5.74) is 1.07. The van der Waals surface area contributed by atoms with Gasteiger partial charge in [0.15, 0.2) is 0 Å². The van der Waals surface area contributed by atoms with Crippen LogP contribution in [-0.2, 0) is 6.54 Å². The second-order valence-electron chi connectivity index (χ2n) is 3.70. The highest BCUT2D eigenvalue weighted by atomic mass is 35.5. The molecule has 0 saturated heterocycles. The Balaban J connectivity index is 2.04. The standard InChI is InChI=1S/C13H10ClFN2O/c14-11-4-10(5-12(15)6-11)13(18)17-8-9-2-1-3-16-7-9/h1-7H,8H2,(H,17,18). The Morgan fingerprint density at radius 2 is 2.22 bits per heavy atom. The predicted octanol–water partition coefficient (Wildman–Crippen LogP) is 2.80. The molecule has 18 heavy (non-hydrogen) atoms. The van der Waals surface area contributed by atoms with E-state index in [2.05, 4.69) is 10.3 Å². The number of carbonyl (C=O) groups excluding carboxylic acids is 1. The van der Waals surface area contributed by atoms with Gasteiger partial charge in [-0.1, -0.05) is 17.7 Å². The summed E-state index contributed by atoms with van der Waals surface area (Å²) in [7, 11) is 0. The molecule has 0 aliphatic heterocycles. The quantitative estimate of drug-likeness (QED) is 0.926. The normalized spacial score (nSPS) is 10.1. The van der Waals surface area contributed by atoms with E-state index >= 15 is 0 Å². The minimum Gasteiger partial charge on any atom is -0.348 e. The van der Waals surface area contributed by atoms with Gasteiger partial charge in [0.25, 0.3) is 5.91 Å². The zero-order chi connectivity index (χ0) is 13.0. The second kappa shape index (κ2) is 5.60. The highest BCUT2D eigenvalue weighted by Gasteiger charge is 2.08. The molecule has 0 bridgehead atoms. The Labute approximate surface area is 109 Å². The number of amides is 1. The lowest BCUT2D eigenvalue weighted by atomic mass is 10.2. The Morgan fingerprint density at radius 3 is 2.89 bits per heavy atom. The molecule has 1 N–H and O–H groups in total. The monoisotopic (exact) mass is 264 g/mol. The van der Waals surface area contributed by atoms with E-state index < -0.39 is 5.82 Å². The van der Waals surface area contributed by atoms with Crippen LogP contribution in [0.25, 0.3) is 0 Å². The first-order valence-electron chi connectivity index (χ1n) is 5.28. The highest BCUT2D eigenvalue weighted by Crippen LogP contribution is 2.14. The van der Waals surface area contributed by atoms with E-state index in [1.54, 1.807) is 18.5 Å². The Bertz CT molecular complexity index is 540. The van der Waals surface area contributed by atoms with Gasteiger partial charge in [0.05, 0.1) is 0 Å². The van der Waals surface area contributed by atoms with Gasteiger partial charge >= 0.3 is 0 Å². The molecule has 0 atom stereocenters. The van der Waals surface area contributed by atoms with E-state index in [-0.39, 0.29) is 16.5 Å². The first-order chi connectivity index (χ1) is 8.65. The summed E-state index contributed by atoms with van der Waals surface area (Å²) in [4.78, 5) is 15.7. The molecule has 0 aliphatic rings. The van der Waals surface area contributed by atoms with Crippen LogP contribution in [0, 0.1) is 5.82 Å². The molecule has 92 valence electrons. The molecule has 2 aromatic rings. The molecule has 1 heterocycles. The van der Waals surface area contributed by atoms with Gasteiger partial charge in [-0.15, -0.1) is 0 Å². The van der Waals surface area contributed by atoms with E-state index in [4.69, 9.17) is 11.6 Å².